The van der Waals surface area contributed by atoms with Crippen LogP contribution in [0.25, 0.3) is 0 Å². The van der Waals surface area contributed by atoms with Gasteiger partial charge in [0.2, 0.25) is 0 Å². The minimum atomic E-state index is -1.70. The van der Waals surface area contributed by atoms with Crippen LogP contribution in [-0.4, -0.2) is 39.8 Å². The van der Waals surface area contributed by atoms with Crippen molar-refractivity contribution in [2.75, 3.05) is 26.4 Å². The summed E-state index contributed by atoms with van der Waals surface area (Å²) in [5.41, 5.74) is 0. The Labute approximate surface area is 69.7 Å². The van der Waals surface area contributed by atoms with E-state index in [-0.39, 0.29) is 10.4 Å². The molecule has 68 valence electrons. The van der Waals surface area contributed by atoms with E-state index in [0.29, 0.717) is 19.4 Å². The Morgan fingerprint density at radius 2 is 2.00 bits per heavy atom. The zero-order valence-electron chi connectivity index (χ0n) is 6.95. The Morgan fingerprint density at radius 3 is 2.36 bits per heavy atom. The van der Waals surface area contributed by atoms with Gasteiger partial charge in [-0.2, -0.15) is 0 Å². The van der Waals surface area contributed by atoms with Crippen molar-refractivity contribution >= 4 is 11.1 Å². The number of quaternary nitrogens is 1. The van der Waals surface area contributed by atoms with Gasteiger partial charge in [-0.1, -0.05) is 0 Å². The van der Waals surface area contributed by atoms with Crippen molar-refractivity contribution in [3.63, 3.8) is 0 Å². The first-order valence-electron chi connectivity index (χ1n) is 3.53. The van der Waals surface area contributed by atoms with Gasteiger partial charge in [-0.25, -0.2) is 4.21 Å². The maximum atomic E-state index is 10.9. The molecule has 0 heterocycles. The summed E-state index contributed by atoms with van der Waals surface area (Å²) in [6.45, 7) is 0.511. The third-order valence-corrected chi connectivity index (χ3v) is 1.90. The zero-order chi connectivity index (χ0) is 8.91. The molecule has 1 N–H and O–H groups in total. The van der Waals surface area contributed by atoms with E-state index < -0.39 is 11.1 Å². The van der Waals surface area contributed by atoms with Crippen LogP contribution in [0.3, 0.4) is 0 Å². The van der Waals surface area contributed by atoms with Gasteiger partial charge in [0.1, 0.15) is 0 Å². The molecule has 0 rings (SSSR count). The Kier molecular flexibility index (Phi) is 4.83. The van der Waals surface area contributed by atoms with E-state index in [2.05, 4.69) is 0 Å². The van der Waals surface area contributed by atoms with Crippen LogP contribution in [0, 0.1) is 5.21 Å². The fourth-order valence-corrected chi connectivity index (χ4v) is 1.17. The molecule has 11 heavy (non-hydrogen) atoms. The van der Waals surface area contributed by atoms with Crippen molar-refractivity contribution in [2.24, 2.45) is 0 Å². The van der Waals surface area contributed by atoms with Crippen molar-refractivity contribution < 1.29 is 13.4 Å². The number of unbranched alkanes of at least 4 members (excludes halogenated alkanes) is 1. The van der Waals surface area contributed by atoms with Gasteiger partial charge in [0, 0.05) is 5.75 Å². The van der Waals surface area contributed by atoms with Crippen LogP contribution in [0.5, 0.6) is 0 Å². The number of hydroxylamine groups is 3. The van der Waals surface area contributed by atoms with Gasteiger partial charge < -0.3 is 14.4 Å². The predicted molar refractivity (Wildman–Crippen MR) is 45.2 cm³/mol. The minimum Gasteiger partial charge on any atom is -0.633 e. The molecule has 5 heteroatoms. The number of nitrogens with zero attached hydrogens (tertiary/aromatic N) is 1. The number of hydrogen-bond acceptors (Lipinski definition) is 2. The lowest BCUT2D eigenvalue weighted by molar-refractivity contribution is -0.840. The molecule has 0 aromatic rings. The van der Waals surface area contributed by atoms with E-state index in [0.717, 1.165) is 0 Å². The Morgan fingerprint density at radius 1 is 1.45 bits per heavy atom. The molecule has 0 saturated heterocycles. The lowest BCUT2D eigenvalue weighted by Crippen LogP contribution is -2.33. The van der Waals surface area contributed by atoms with Crippen molar-refractivity contribution in [3.05, 3.63) is 5.21 Å². The highest BCUT2D eigenvalue weighted by Crippen LogP contribution is 1.98. The van der Waals surface area contributed by atoms with Gasteiger partial charge in [-0.15, -0.1) is 0 Å². The summed E-state index contributed by atoms with van der Waals surface area (Å²) in [6, 6.07) is 0. The van der Waals surface area contributed by atoms with Crippen molar-refractivity contribution in [3.8, 4) is 0 Å². The summed E-state index contributed by atoms with van der Waals surface area (Å²) in [6.07, 6.45) is 1.36. The molecule has 0 aliphatic carbocycles. The molecule has 0 aliphatic heterocycles. The van der Waals surface area contributed by atoms with Crippen LogP contribution < -0.4 is 0 Å². The second kappa shape index (κ2) is 4.82. The molecule has 4 nitrogen and oxygen atoms in total. The summed E-state index contributed by atoms with van der Waals surface area (Å²) in [7, 11) is 3.13. The second-order valence-electron chi connectivity index (χ2n) is 3.03. The summed E-state index contributed by atoms with van der Waals surface area (Å²) in [5, 5.41) is 10.9. The fraction of sp³-hybridized carbons (Fsp3) is 1.00. The van der Waals surface area contributed by atoms with Crippen LogP contribution in [0.15, 0.2) is 0 Å². The molecule has 0 aromatic carbocycles. The highest BCUT2D eigenvalue weighted by Gasteiger charge is 2.01. The molecular formula is C6H15NO3S. The van der Waals surface area contributed by atoms with Gasteiger partial charge in [-0.05, 0) is 12.8 Å². The average molecular weight is 181 g/mol. The predicted octanol–water partition coefficient (Wildman–Crippen LogP) is 0.562. The molecule has 0 aromatic heterocycles. The maximum Gasteiger partial charge on any atom is 0.152 e. The third kappa shape index (κ3) is 10.0. The molecular weight excluding hydrogens is 166 g/mol. The molecule has 0 radical (unpaired) electrons. The van der Waals surface area contributed by atoms with Gasteiger partial charge in [0.25, 0.3) is 0 Å². The highest BCUT2D eigenvalue weighted by atomic mass is 32.2. The summed E-state index contributed by atoms with van der Waals surface area (Å²) < 4.78 is 18.2. The van der Waals surface area contributed by atoms with Crippen LogP contribution >= 0.6 is 0 Å². The normalized spacial score (nSPS) is 14.9. The van der Waals surface area contributed by atoms with Gasteiger partial charge in [-0.3, -0.25) is 0 Å². The molecule has 0 bridgehead atoms. The lowest BCUT2D eigenvalue weighted by atomic mass is 10.3. The smallest absolute Gasteiger partial charge is 0.152 e. The third-order valence-electron chi connectivity index (χ3n) is 1.27. The van der Waals surface area contributed by atoms with Gasteiger partial charge >= 0.3 is 0 Å². The number of rotatable bonds is 5. The summed E-state index contributed by atoms with van der Waals surface area (Å²) in [5.74, 6) is 0.278. The maximum absolute atomic E-state index is 10.9. The Balaban J connectivity index is 3.22. The first-order valence-corrected chi connectivity index (χ1v) is 4.81. The molecule has 0 saturated carbocycles. The minimum absolute atomic E-state index is 0.278. The standard InChI is InChI=1S/C6H15NO3S/c1-7(2,8)5-3-4-6-11(9)10/h3-6H2,1-2H3,(H,9,10). The summed E-state index contributed by atoms with van der Waals surface area (Å²) >= 11 is -1.70. The van der Waals surface area contributed by atoms with Crippen molar-refractivity contribution in [2.45, 2.75) is 12.8 Å². The van der Waals surface area contributed by atoms with E-state index in [1.54, 1.807) is 14.1 Å². The van der Waals surface area contributed by atoms with Crippen molar-refractivity contribution in [1.82, 2.24) is 0 Å². The monoisotopic (exact) mass is 181 g/mol. The largest absolute Gasteiger partial charge is 0.633 e. The molecule has 0 fully saturated rings. The first kappa shape index (κ1) is 11.0. The molecule has 1 atom stereocenters. The van der Waals surface area contributed by atoms with Gasteiger partial charge in [0.15, 0.2) is 11.1 Å². The zero-order valence-corrected chi connectivity index (χ0v) is 7.76. The lowest BCUT2D eigenvalue weighted by Gasteiger charge is -2.33. The van der Waals surface area contributed by atoms with Crippen LogP contribution in [0.4, 0.5) is 0 Å². The SMILES string of the molecule is C[N+](C)([O-])CCCCS(=O)O. The molecule has 0 amide bonds. The summed E-state index contributed by atoms with van der Waals surface area (Å²) in [4.78, 5) is 0. The van der Waals surface area contributed by atoms with Crippen molar-refractivity contribution in [1.29, 1.82) is 0 Å². The fourth-order valence-electron chi connectivity index (χ4n) is 0.718. The van der Waals surface area contributed by atoms with Gasteiger partial charge in [0.05, 0.1) is 20.6 Å². The average Bonchev–Trinajstić information content (AvgIpc) is 1.78. The molecule has 1 unspecified atom stereocenters. The quantitative estimate of drug-likeness (QED) is 0.292. The molecule has 0 spiro atoms. The van der Waals surface area contributed by atoms with E-state index in [1.807, 2.05) is 0 Å². The number of hydrogen-bond donors (Lipinski definition) is 1. The Bertz CT molecular complexity index is 132. The van der Waals surface area contributed by atoms with E-state index in [4.69, 9.17) is 4.55 Å². The van der Waals surface area contributed by atoms with E-state index in [1.165, 1.54) is 0 Å². The van der Waals surface area contributed by atoms with E-state index >= 15 is 0 Å². The second-order valence-corrected chi connectivity index (χ2v) is 4.08. The Hall–Kier alpha value is 0.0300. The highest BCUT2D eigenvalue weighted by molar-refractivity contribution is 7.79. The van der Waals surface area contributed by atoms with Crippen LogP contribution in [-0.2, 0) is 11.1 Å². The topological polar surface area (TPSA) is 60.4 Å². The van der Waals surface area contributed by atoms with Crippen LogP contribution in [0.1, 0.15) is 12.8 Å². The first-order chi connectivity index (χ1) is 4.92. The van der Waals surface area contributed by atoms with E-state index in [9.17, 15) is 9.42 Å². The molecule has 0 aliphatic rings. The van der Waals surface area contributed by atoms with Crippen LogP contribution in [0.2, 0.25) is 0 Å².